The molecule has 0 fully saturated rings. The molecule has 1 aromatic carbocycles. The summed E-state index contributed by atoms with van der Waals surface area (Å²) in [4.78, 5) is 13.3. The van der Waals surface area contributed by atoms with E-state index in [0.29, 0.717) is 11.2 Å². The second kappa shape index (κ2) is 4.90. The lowest BCUT2D eigenvalue weighted by Crippen LogP contribution is -2.16. The lowest BCUT2D eigenvalue weighted by Gasteiger charge is -2.08. The zero-order chi connectivity index (χ0) is 15.0. The second-order valence-corrected chi connectivity index (χ2v) is 6.38. The van der Waals surface area contributed by atoms with Crippen molar-refractivity contribution in [2.45, 2.75) is 4.90 Å². The number of H-pyrrole nitrogens is 2. The number of benzene rings is 1. The molecule has 0 saturated carbocycles. The number of sulfonamides is 1. The van der Waals surface area contributed by atoms with Crippen molar-refractivity contribution >= 4 is 38.2 Å². The molecule has 3 N–H and O–H groups in total. The summed E-state index contributed by atoms with van der Waals surface area (Å²) >= 11 is 5.64. The Morgan fingerprint density at radius 2 is 2.05 bits per heavy atom. The Labute approximate surface area is 124 Å². The van der Waals surface area contributed by atoms with Gasteiger partial charge < -0.3 is 4.98 Å². The molecule has 3 aromatic rings. The SMILES string of the molecule is O=c1[nH]cc(S(=O)(=O)Nc2ccc3cn[nH]c3c2)cc1Cl. The number of pyridine rings is 1. The zero-order valence-corrected chi connectivity index (χ0v) is 12.0. The molecule has 108 valence electrons. The third kappa shape index (κ3) is 2.63. The van der Waals surface area contributed by atoms with E-state index in [1.165, 1.54) is 0 Å². The molecule has 7 nitrogen and oxygen atoms in total. The van der Waals surface area contributed by atoms with Gasteiger partial charge in [0.05, 0.1) is 17.4 Å². The molecule has 0 amide bonds. The minimum Gasteiger partial charge on any atom is -0.326 e. The van der Waals surface area contributed by atoms with Crippen LogP contribution in [0.1, 0.15) is 0 Å². The molecule has 0 aliphatic carbocycles. The number of rotatable bonds is 3. The van der Waals surface area contributed by atoms with Gasteiger partial charge in [0.25, 0.3) is 15.6 Å². The summed E-state index contributed by atoms with van der Waals surface area (Å²) in [6.45, 7) is 0. The highest BCUT2D eigenvalue weighted by atomic mass is 35.5. The molecule has 0 bridgehead atoms. The van der Waals surface area contributed by atoms with Crippen molar-refractivity contribution in [3.63, 3.8) is 0 Å². The maximum atomic E-state index is 12.2. The van der Waals surface area contributed by atoms with Crippen LogP contribution in [0.5, 0.6) is 0 Å². The lowest BCUT2D eigenvalue weighted by molar-refractivity contribution is 0.600. The van der Waals surface area contributed by atoms with E-state index in [9.17, 15) is 13.2 Å². The van der Waals surface area contributed by atoms with E-state index < -0.39 is 15.6 Å². The first-order valence-corrected chi connectivity index (χ1v) is 7.66. The van der Waals surface area contributed by atoms with Gasteiger partial charge in [0.2, 0.25) is 0 Å². The Kier molecular flexibility index (Phi) is 3.19. The standard InChI is InChI=1S/C12H9ClN4O3S/c13-10-4-9(6-14-12(10)18)21(19,20)17-8-2-1-7-5-15-16-11(7)3-8/h1-6,17H,(H,14,18)(H,15,16). The van der Waals surface area contributed by atoms with Gasteiger partial charge in [-0.1, -0.05) is 11.6 Å². The van der Waals surface area contributed by atoms with Gasteiger partial charge in [-0.05, 0) is 24.3 Å². The van der Waals surface area contributed by atoms with Crippen molar-refractivity contribution in [3.05, 3.63) is 52.0 Å². The molecule has 9 heteroatoms. The molecule has 0 aliphatic rings. The van der Waals surface area contributed by atoms with Gasteiger partial charge in [0.15, 0.2) is 0 Å². The summed E-state index contributed by atoms with van der Waals surface area (Å²) in [5.74, 6) is 0. The highest BCUT2D eigenvalue weighted by Crippen LogP contribution is 2.20. The molecular formula is C12H9ClN4O3S. The fourth-order valence-corrected chi connectivity index (χ4v) is 3.09. The quantitative estimate of drug-likeness (QED) is 0.681. The number of anilines is 1. The van der Waals surface area contributed by atoms with Crippen molar-refractivity contribution in [2.75, 3.05) is 4.72 Å². The number of hydrogen-bond acceptors (Lipinski definition) is 4. The molecule has 3 rings (SSSR count). The zero-order valence-electron chi connectivity index (χ0n) is 10.4. The van der Waals surface area contributed by atoms with E-state index in [1.54, 1.807) is 24.4 Å². The molecule has 2 heterocycles. The Balaban J connectivity index is 1.98. The van der Waals surface area contributed by atoms with Gasteiger partial charge in [-0.25, -0.2) is 8.42 Å². The van der Waals surface area contributed by atoms with E-state index in [1.807, 2.05) is 0 Å². The van der Waals surface area contributed by atoms with E-state index in [-0.39, 0.29) is 9.92 Å². The Morgan fingerprint density at radius 3 is 2.81 bits per heavy atom. The third-order valence-electron chi connectivity index (χ3n) is 2.84. The second-order valence-electron chi connectivity index (χ2n) is 4.29. The molecule has 21 heavy (non-hydrogen) atoms. The average Bonchev–Trinajstić information content (AvgIpc) is 2.88. The average molecular weight is 325 g/mol. The molecule has 0 radical (unpaired) electrons. The molecule has 2 aromatic heterocycles. The van der Waals surface area contributed by atoms with E-state index in [2.05, 4.69) is 19.9 Å². The van der Waals surface area contributed by atoms with Gasteiger partial charge in [-0.3, -0.25) is 14.6 Å². The molecule has 0 saturated heterocycles. The minimum absolute atomic E-state index is 0.128. The topological polar surface area (TPSA) is 108 Å². The summed E-state index contributed by atoms with van der Waals surface area (Å²) < 4.78 is 26.9. The van der Waals surface area contributed by atoms with Crippen molar-refractivity contribution in [3.8, 4) is 0 Å². The predicted octanol–water partition coefficient (Wildman–Crippen LogP) is 1.71. The number of nitrogens with one attached hydrogen (secondary N) is 3. The third-order valence-corrected chi connectivity index (χ3v) is 4.48. The molecule has 0 unspecified atom stereocenters. The summed E-state index contributed by atoms with van der Waals surface area (Å²) in [5.41, 5.74) is 0.526. The van der Waals surface area contributed by atoms with Gasteiger partial charge in [0.1, 0.15) is 9.92 Å². The van der Waals surface area contributed by atoms with Gasteiger partial charge in [-0.15, -0.1) is 0 Å². The Hall–Kier alpha value is -2.32. The molecular weight excluding hydrogens is 316 g/mol. The van der Waals surface area contributed by atoms with Crippen LogP contribution in [-0.4, -0.2) is 23.6 Å². The highest BCUT2D eigenvalue weighted by Gasteiger charge is 2.16. The fraction of sp³-hybridized carbons (Fsp3) is 0. The number of nitrogens with zero attached hydrogens (tertiary/aromatic N) is 1. The van der Waals surface area contributed by atoms with Crippen LogP contribution in [0.15, 0.2) is 46.3 Å². The van der Waals surface area contributed by atoms with Gasteiger partial charge >= 0.3 is 0 Å². The lowest BCUT2D eigenvalue weighted by atomic mass is 10.2. The first-order chi connectivity index (χ1) is 9.95. The van der Waals surface area contributed by atoms with Crippen LogP contribution in [0.25, 0.3) is 10.9 Å². The smallest absolute Gasteiger partial charge is 0.266 e. The number of hydrogen-bond donors (Lipinski definition) is 3. The predicted molar refractivity (Wildman–Crippen MR) is 79.0 cm³/mol. The first kappa shape index (κ1) is 13.7. The van der Waals surface area contributed by atoms with Gasteiger partial charge in [-0.2, -0.15) is 5.10 Å². The fourth-order valence-electron chi connectivity index (χ4n) is 1.81. The number of aromatic amines is 2. The number of halogens is 1. The molecule has 0 atom stereocenters. The summed E-state index contributed by atoms with van der Waals surface area (Å²) in [6, 6.07) is 6.06. The summed E-state index contributed by atoms with van der Waals surface area (Å²) in [7, 11) is -3.84. The first-order valence-electron chi connectivity index (χ1n) is 5.80. The van der Waals surface area contributed by atoms with Crippen LogP contribution in [-0.2, 0) is 10.0 Å². The Bertz CT molecular complexity index is 977. The van der Waals surface area contributed by atoms with Crippen molar-refractivity contribution in [1.82, 2.24) is 15.2 Å². The normalized spacial score (nSPS) is 11.7. The largest absolute Gasteiger partial charge is 0.326 e. The van der Waals surface area contributed by atoms with E-state index in [4.69, 9.17) is 11.6 Å². The van der Waals surface area contributed by atoms with Crippen LogP contribution in [0.2, 0.25) is 5.02 Å². The van der Waals surface area contributed by atoms with Crippen LogP contribution >= 0.6 is 11.6 Å². The molecule has 0 aliphatic heterocycles. The van der Waals surface area contributed by atoms with Crippen LogP contribution in [0, 0.1) is 0 Å². The van der Waals surface area contributed by atoms with Crippen LogP contribution < -0.4 is 10.3 Å². The molecule has 0 spiro atoms. The van der Waals surface area contributed by atoms with E-state index >= 15 is 0 Å². The van der Waals surface area contributed by atoms with Crippen LogP contribution in [0.3, 0.4) is 0 Å². The highest BCUT2D eigenvalue weighted by molar-refractivity contribution is 7.92. The van der Waals surface area contributed by atoms with Gasteiger partial charge in [0, 0.05) is 11.6 Å². The summed E-state index contributed by atoms with van der Waals surface area (Å²) in [6.07, 6.45) is 2.72. The summed E-state index contributed by atoms with van der Waals surface area (Å²) in [5, 5.41) is 7.28. The minimum atomic E-state index is -3.84. The monoisotopic (exact) mass is 324 g/mol. The van der Waals surface area contributed by atoms with Crippen LogP contribution in [0.4, 0.5) is 5.69 Å². The van der Waals surface area contributed by atoms with Crippen molar-refractivity contribution in [2.24, 2.45) is 0 Å². The van der Waals surface area contributed by atoms with E-state index in [0.717, 1.165) is 17.6 Å². The maximum Gasteiger partial charge on any atom is 0.266 e. The number of aromatic nitrogens is 3. The van der Waals surface area contributed by atoms with Crippen molar-refractivity contribution < 1.29 is 8.42 Å². The Morgan fingerprint density at radius 1 is 1.24 bits per heavy atom. The number of fused-ring (bicyclic) bond motifs is 1. The van der Waals surface area contributed by atoms with Crippen molar-refractivity contribution in [1.29, 1.82) is 0 Å². The maximum absolute atomic E-state index is 12.2.